The van der Waals surface area contributed by atoms with E-state index in [1.165, 1.54) is 12.1 Å². The van der Waals surface area contributed by atoms with Crippen LogP contribution in [0.5, 0.6) is 0 Å². The van der Waals surface area contributed by atoms with E-state index < -0.39 is 0 Å². The van der Waals surface area contributed by atoms with Crippen LogP contribution in [0.3, 0.4) is 0 Å². The van der Waals surface area contributed by atoms with Gasteiger partial charge in [-0.25, -0.2) is 9.37 Å². The summed E-state index contributed by atoms with van der Waals surface area (Å²) in [6.45, 7) is 3.06. The molecular formula is C12H15FN4O. The molecule has 1 aromatic heterocycles. The van der Waals surface area contributed by atoms with Gasteiger partial charge in [0.15, 0.2) is 0 Å². The summed E-state index contributed by atoms with van der Waals surface area (Å²) in [5, 5.41) is 6.53. The molecule has 2 aromatic rings. The van der Waals surface area contributed by atoms with Gasteiger partial charge >= 0.3 is 0 Å². The lowest BCUT2D eigenvalue weighted by molar-refractivity contribution is 0.0806. The average Bonchev–Trinajstić information content (AvgIpc) is 2.79. The van der Waals surface area contributed by atoms with Crippen LogP contribution < -0.4 is 10.6 Å². The Labute approximate surface area is 104 Å². The standard InChI is InChI=1S/C12H15FN4O/c13-8-1-2-10-11(5-8)17-12(16-10)15-6-9-7-18-4-3-14-9/h1-2,5,9,14H,3-4,6-7H2,(H2,15,16,17). The van der Waals surface area contributed by atoms with E-state index in [9.17, 15) is 4.39 Å². The van der Waals surface area contributed by atoms with Crippen LogP contribution in [0.1, 0.15) is 0 Å². The molecule has 0 amide bonds. The van der Waals surface area contributed by atoms with Gasteiger partial charge in [-0.2, -0.15) is 0 Å². The lowest BCUT2D eigenvalue weighted by Gasteiger charge is -2.23. The second kappa shape index (κ2) is 4.91. The van der Waals surface area contributed by atoms with Gasteiger partial charge in [0.1, 0.15) is 5.82 Å². The van der Waals surface area contributed by atoms with Gasteiger partial charge in [-0.3, -0.25) is 0 Å². The number of fused-ring (bicyclic) bond motifs is 1. The zero-order valence-electron chi connectivity index (χ0n) is 9.87. The summed E-state index contributed by atoms with van der Waals surface area (Å²) in [5.74, 6) is 0.392. The van der Waals surface area contributed by atoms with Crippen molar-refractivity contribution in [1.82, 2.24) is 15.3 Å². The molecule has 1 aromatic carbocycles. The molecule has 1 aliphatic rings. The molecule has 0 spiro atoms. The van der Waals surface area contributed by atoms with E-state index in [1.54, 1.807) is 6.07 Å². The minimum absolute atomic E-state index is 0.264. The van der Waals surface area contributed by atoms with Crippen LogP contribution in [0, 0.1) is 5.82 Å². The van der Waals surface area contributed by atoms with Crippen molar-refractivity contribution in [3.05, 3.63) is 24.0 Å². The maximum absolute atomic E-state index is 13.0. The van der Waals surface area contributed by atoms with E-state index in [0.29, 0.717) is 18.1 Å². The summed E-state index contributed by atoms with van der Waals surface area (Å²) in [6.07, 6.45) is 0. The quantitative estimate of drug-likeness (QED) is 0.763. The summed E-state index contributed by atoms with van der Waals surface area (Å²) in [6, 6.07) is 4.79. The smallest absolute Gasteiger partial charge is 0.201 e. The van der Waals surface area contributed by atoms with Crippen LogP contribution in [-0.2, 0) is 4.74 Å². The van der Waals surface area contributed by atoms with Gasteiger partial charge in [0.25, 0.3) is 0 Å². The summed E-state index contributed by atoms with van der Waals surface area (Å²) in [4.78, 5) is 7.38. The highest BCUT2D eigenvalue weighted by atomic mass is 19.1. The normalized spacial score (nSPS) is 20.2. The molecule has 6 heteroatoms. The Morgan fingerprint density at radius 1 is 1.50 bits per heavy atom. The molecule has 2 heterocycles. The van der Waals surface area contributed by atoms with Crippen molar-refractivity contribution in [3.8, 4) is 0 Å². The number of aromatic amines is 1. The Morgan fingerprint density at radius 3 is 3.28 bits per heavy atom. The molecule has 18 heavy (non-hydrogen) atoms. The number of nitrogens with one attached hydrogen (secondary N) is 3. The van der Waals surface area contributed by atoms with Gasteiger partial charge in [0.2, 0.25) is 5.95 Å². The van der Waals surface area contributed by atoms with Gasteiger partial charge < -0.3 is 20.4 Å². The molecule has 5 nitrogen and oxygen atoms in total. The van der Waals surface area contributed by atoms with Crippen molar-refractivity contribution >= 4 is 17.0 Å². The summed E-state index contributed by atoms with van der Waals surface area (Å²) in [5.41, 5.74) is 1.46. The van der Waals surface area contributed by atoms with Crippen molar-refractivity contribution in [2.45, 2.75) is 6.04 Å². The molecule has 3 rings (SSSR count). The molecule has 3 N–H and O–H groups in total. The van der Waals surface area contributed by atoms with Crippen LogP contribution in [0.2, 0.25) is 0 Å². The second-order valence-corrected chi connectivity index (χ2v) is 4.35. The van der Waals surface area contributed by atoms with E-state index in [-0.39, 0.29) is 11.9 Å². The molecule has 1 saturated heterocycles. The fourth-order valence-electron chi connectivity index (χ4n) is 2.04. The van der Waals surface area contributed by atoms with Gasteiger partial charge in [-0.15, -0.1) is 0 Å². The van der Waals surface area contributed by atoms with Gasteiger partial charge in [-0.1, -0.05) is 0 Å². The molecule has 0 aliphatic carbocycles. The third-order valence-corrected chi connectivity index (χ3v) is 2.96. The number of hydrogen-bond donors (Lipinski definition) is 3. The number of anilines is 1. The van der Waals surface area contributed by atoms with E-state index in [0.717, 1.165) is 25.2 Å². The number of aromatic nitrogens is 2. The number of halogens is 1. The van der Waals surface area contributed by atoms with Crippen molar-refractivity contribution < 1.29 is 9.13 Å². The Hall–Kier alpha value is -1.66. The maximum atomic E-state index is 13.0. The first-order chi connectivity index (χ1) is 8.81. The minimum Gasteiger partial charge on any atom is -0.378 e. The molecule has 1 atom stereocenters. The Kier molecular flexibility index (Phi) is 3.12. The Morgan fingerprint density at radius 2 is 2.44 bits per heavy atom. The largest absolute Gasteiger partial charge is 0.378 e. The molecule has 1 fully saturated rings. The number of rotatable bonds is 3. The number of ether oxygens (including phenoxy) is 1. The van der Waals surface area contributed by atoms with Crippen LogP contribution >= 0.6 is 0 Å². The van der Waals surface area contributed by atoms with Gasteiger partial charge in [0.05, 0.1) is 24.2 Å². The predicted octanol–water partition coefficient (Wildman–Crippen LogP) is 1.10. The summed E-state index contributed by atoms with van der Waals surface area (Å²) >= 11 is 0. The molecular weight excluding hydrogens is 235 g/mol. The first-order valence-electron chi connectivity index (χ1n) is 6.01. The minimum atomic E-state index is -0.264. The molecule has 1 aliphatic heterocycles. The molecule has 0 saturated carbocycles. The maximum Gasteiger partial charge on any atom is 0.201 e. The van der Waals surface area contributed by atoms with Crippen LogP contribution in [-0.4, -0.2) is 42.3 Å². The Balaban J connectivity index is 1.67. The fraction of sp³-hybridized carbons (Fsp3) is 0.417. The van der Waals surface area contributed by atoms with Crippen LogP contribution in [0.4, 0.5) is 10.3 Å². The topological polar surface area (TPSA) is 62.0 Å². The van der Waals surface area contributed by atoms with Crippen LogP contribution in [0.25, 0.3) is 11.0 Å². The van der Waals surface area contributed by atoms with E-state index in [1.807, 2.05) is 0 Å². The lowest BCUT2D eigenvalue weighted by atomic mass is 10.3. The summed E-state index contributed by atoms with van der Waals surface area (Å²) in [7, 11) is 0. The number of imidazole rings is 1. The van der Waals surface area contributed by atoms with Gasteiger partial charge in [-0.05, 0) is 18.2 Å². The van der Waals surface area contributed by atoms with E-state index in [2.05, 4.69) is 20.6 Å². The second-order valence-electron chi connectivity index (χ2n) is 4.35. The molecule has 96 valence electrons. The third-order valence-electron chi connectivity index (χ3n) is 2.96. The molecule has 0 radical (unpaired) electrons. The van der Waals surface area contributed by atoms with Crippen molar-refractivity contribution in [2.75, 3.05) is 31.6 Å². The highest BCUT2D eigenvalue weighted by Gasteiger charge is 2.13. The summed E-state index contributed by atoms with van der Waals surface area (Å²) < 4.78 is 18.4. The van der Waals surface area contributed by atoms with Crippen LogP contribution in [0.15, 0.2) is 18.2 Å². The lowest BCUT2D eigenvalue weighted by Crippen LogP contribution is -2.45. The third kappa shape index (κ3) is 2.44. The first-order valence-corrected chi connectivity index (χ1v) is 6.01. The van der Waals surface area contributed by atoms with E-state index >= 15 is 0 Å². The number of benzene rings is 1. The monoisotopic (exact) mass is 250 g/mol. The van der Waals surface area contributed by atoms with Crippen molar-refractivity contribution in [2.24, 2.45) is 0 Å². The van der Waals surface area contributed by atoms with Gasteiger partial charge in [0, 0.05) is 19.1 Å². The van der Waals surface area contributed by atoms with E-state index in [4.69, 9.17) is 4.74 Å². The predicted molar refractivity (Wildman–Crippen MR) is 67.2 cm³/mol. The first kappa shape index (κ1) is 11.4. The Bertz CT molecular complexity index is 536. The molecule has 0 bridgehead atoms. The molecule has 1 unspecified atom stereocenters. The zero-order valence-corrected chi connectivity index (χ0v) is 9.87. The van der Waals surface area contributed by atoms with Crippen molar-refractivity contribution in [3.63, 3.8) is 0 Å². The highest BCUT2D eigenvalue weighted by molar-refractivity contribution is 5.77. The number of morpholine rings is 1. The van der Waals surface area contributed by atoms with Crippen molar-refractivity contribution in [1.29, 1.82) is 0 Å². The number of hydrogen-bond acceptors (Lipinski definition) is 4. The SMILES string of the molecule is Fc1ccc2nc(NCC3COCCN3)[nH]c2c1. The number of nitrogens with zero attached hydrogens (tertiary/aromatic N) is 1. The fourth-order valence-corrected chi connectivity index (χ4v) is 2.04. The zero-order chi connectivity index (χ0) is 12.4. The number of H-pyrrole nitrogens is 1. The average molecular weight is 250 g/mol. The highest BCUT2D eigenvalue weighted by Crippen LogP contribution is 2.15.